The van der Waals surface area contributed by atoms with Gasteiger partial charge >= 0.3 is 6.01 Å². The van der Waals surface area contributed by atoms with E-state index in [0.717, 1.165) is 24.2 Å². The van der Waals surface area contributed by atoms with Gasteiger partial charge in [-0.2, -0.15) is 0 Å². The van der Waals surface area contributed by atoms with Gasteiger partial charge < -0.3 is 9.64 Å². The number of amides is 1. The maximum atomic E-state index is 12.4. The summed E-state index contributed by atoms with van der Waals surface area (Å²) in [5.74, 6) is -0.118. The van der Waals surface area contributed by atoms with E-state index in [1.54, 1.807) is 11.1 Å². The lowest BCUT2D eigenvalue weighted by Gasteiger charge is -2.32. The fourth-order valence-corrected chi connectivity index (χ4v) is 2.69. The lowest BCUT2D eigenvalue weighted by Crippen LogP contribution is -2.44. The number of aryl methyl sites for hydroxylation is 2. The van der Waals surface area contributed by atoms with E-state index in [9.17, 15) is 4.79 Å². The van der Waals surface area contributed by atoms with E-state index < -0.39 is 0 Å². The third kappa shape index (κ3) is 3.80. The normalized spacial score (nSPS) is 17.8. The zero-order chi connectivity index (χ0) is 16.2. The Bertz CT molecular complexity index is 672. The SMILES string of the molecule is Cc1cc(C)nc(OC2CCCN(C(=O)c3cnccn3)C2)n1. The summed E-state index contributed by atoms with van der Waals surface area (Å²) >= 11 is 0. The van der Waals surface area contributed by atoms with Crippen molar-refractivity contribution < 1.29 is 9.53 Å². The molecule has 2 aromatic rings. The molecule has 0 aliphatic carbocycles. The number of piperidine rings is 1. The van der Waals surface area contributed by atoms with Gasteiger partial charge in [-0.05, 0) is 32.8 Å². The molecule has 0 aromatic carbocycles. The number of carbonyl (C=O) groups is 1. The topological polar surface area (TPSA) is 81.1 Å². The Morgan fingerprint density at radius 2 is 2.04 bits per heavy atom. The van der Waals surface area contributed by atoms with E-state index in [2.05, 4.69) is 19.9 Å². The van der Waals surface area contributed by atoms with Crippen LogP contribution in [0.25, 0.3) is 0 Å². The highest BCUT2D eigenvalue weighted by molar-refractivity contribution is 5.92. The fourth-order valence-electron chi connectivity index (χ4n) is 2.69. The van der Waals surface area contributed by atoms with Crippen molar-refractivity contribution in [2.75, 3.05) is 13.1 Å². The number of nitrogens with zero attached hydrogens (tertiary/aromatic N) is 5. The Morgan fingerprint density at radius 3 is 2.74 bits per heavy atom. The minimum Gasteiger partial charge on any atom is -0.458 e. The zero-order valence-corrected chi connectivity index (χ0v) is 13.3. The molecule has 120 valence electrons. The van der Waals surface area contributed by atoms with Crippen molar-refractivity contribution in [1.82, 2.24) is 24.8 Å². The average Bonchev–Trinajstić information content (AvgIpc) is 2.54. The molecule has 0 bridgehead atoms. The van der Waals surface area contributed by atoms with Gasteiger partial charge in [-0.3, -0.25) is 9.78 Å². The van der Waals surface area contributed by atoms with Crippen LogP contribution in [0.3, 0.4) is 0 Å². The van der Waals surface area contributed by atoms with Crippen molar-refractivity contribution in [3.05, 3.63) is 41.7 Å². The number of likely N-dealkylation sites (tertiary alicyclic amines) is 1. The van der Waals surface area contributed by atoms with Crippen LogP contribution in [0.4, 0.5) is 0 Å². The summed E-state index contributed by atoms with van der Waals surface area (Å²) in [5, 5.41) is 0. The molecule has 3 rings (SSSR count). The first-order chi connectivity index (χ1) is 11.1. The lowest BCUT2D eigenvalue weighted by atomic mass is 10.1. The number of rotatable bonds is 3. The molecule has 0 saturated carbocycles. The second-order valence-electron chi connectivity index (χ2n) is 5.66. The Balaban J connectivity index is 1.67. The molecule has 1 aliphatic rings. The minimum atomic E-state index is -0.118. The monoisotopic (exact) mass is 313 g/mol. The molecule has 3 heterocycles. The molecule has 2 aromatic heterocycles. The largest absolute Gasteiger partial charge is 0.458 e. The maximum Gasteiger partial charge on any atom is 0.317 e. The Morgan fingerprint density at radius 1 is 1.26 bits per heavy atom. The van der Waals surface area contributed by atoms with Gasteiger partial charge in [0.1, 0.15) is 11.8 Å². The van der Waals surface area contributed by atoms with E-state index >= 15 is 0 Å². The predicted octanol–water partition coefficient (Wildman–Crippen LogP) is 1.57. The number of carbonyl (C=O) groups excluding carboxylic acids is 1. The van der Waals surface area contributed by atoms with Gasteiger partial charge in [0.15, 0.2) is 0 Å². The molecule has 1 aliphatic heterocycles. The summed E-state index contributed by atoms with van der Waals surface area (Å²) in [6, 6.07) is 2.28. The van der Waals surface area contributed by atoms with E-state index in [4.69, 9.17) is 4.74 Å². The van der Waals surface area contributed by atoms with Gasteiger partial charge in [0.2, 0.25) is 0 Å². The summed E-state index contributed by atoms with van der Waals surface area (Å²) in [7, 11) is 0. The fraction of sp³-hybridized carbons (Fsp3) is 0.438. The molecular formula is C16H19N5O2. The first-order valence-electron chi connectivity index (χ1n) is 7.66. The third-order valence-electron chi connectivity index (χ3n) is 3.68. The van der Waals surface area contributed by atoms with Crippen LogP contribution in [0.5, 0.6) is 6.01 Å². The smallest absolute Gasteiger partial charge is 0.317 e. The molecule has 1 saturated heterocycles. The molecule has 1 amide bonds. The first-order valence-corrected chi connectivity index (χ1v) is 7.66. The lowest BCUT2D eigenvalue weighted by molar-refractivity contribution is 0.0509. The van der Waals surface area contributed by atoms with Crippen molar-refractivity contribution in [3.8, 4) is 6.01 Å². The minimum absolute atomic E-state index is 0.106. The van der Waals surface area contributed by atoms with Crippen LogP contribution < -0.4 is 4.74 Å². The number of hydrogen-bond acceptors (Lipinski definition) is 6. The molecular weight excluding hydrogens is 294 g/mol. The number of aromatic nitrogens is 4. The molecule has 23 heavy (non-hydrogen) atoms. The molecule has 1 unspecified atom stereocenters. The van der Waals surface area contributed by atoms with Crippen molar-refractivity contribution in [2.24, 2.45) is 0 Å². The second-order valence-corrected chi connectivity index (χ2v) is 5.66. The van der Waals surface area contributed by atoms with Crippen LogP contribution in [0.15, 0.2) is 24.7 Å². The van der Waals surface area contributed by atoms with Gasteiger partial charge in [-0.1, -0.05) is 0 Å². The third-order valence-corrected chi connectivity index (χ3v) is 3.68. The van der Waals surface area contributed by atoms with E-state index in [1.807, 2.05) is 19.9 Å². The Labute approximate surface area is 134 Å². The van der Waals surface area contributed by atoms with Crippen molar-refractivity contribution in [3.63, 3.8) is 0 Å². The van der Waals surface area contributed by atoms with Crippen LogP contribution >= 0.6 is 0 Å². The molecule has 7 heteroatoms. The van der Waals surface area contributed by atoms with E-state index in [1.165, 1.54) is 12.4 Å². The Hall–Kier alpha value is -2.57. The first kappa shape index (κ1) is 15.3. The van der Waals surface area contributed by atoms with Gasteiger partial charge in [0.05, 0.1) is 12.7 Å². The highest BCUT2D eigenvalue weighted by Crippen LogP contribution is 2.17. The predicted molar refractivity (Wildman–Crippen MR) is 83.1 cm³/mol. The van der Waals surface area contributed by atoms with Crippen LogP contribution in [-0.2, 0) is 0 Å². The van der Waals surface area contributed by atoms with Crippen molar-refractivity contribution >= 4 is 5.91 Å². The van der Waals surface area contributed by atoms with Crippen LogP contribution in [0.2, 0.25) is 0 Å². The molecule has 0 spiro atoms. The van der Waals surface area contributed by atoms with Crippen LogP contribution in [-0.4, -0.2) is 49.9 Å². The van der Waals surface area contributed by atoms with Crippen molar-refractivity contribution in [1.29, 1.82) is 0 Å². The van der Waals surface area contributed by atoms with E-state index in [0.29, 0.717) is 24.8 Å². The quantitative estimate of drug-likeness (QED) is 0.855. The average molecular weight is 313 g/mol. The van der Waals surface area contributed by atoms with Gasteiger partial charge in [0.25, 0.3) is 5.91 Å². The Kier molecular flexibility index (Phi) is 4.45. The second kappa shape index (κ2) is 6.68. The molecule has 1 atom stereocenters. The standard InChI is InChI=1S/C16H19N5O2/c1-11-8-12(2)20-16(19-11)23-13-4-3-7-21(10-13)15(22)14-9-17-5-6-18-14/h5-6,8-9,13H,3-4,7,10H2,1-2H3. The zero-order valence-electron chi connectivity index (χ0n) is 13.3. The maximum absolute atomic E-state index is 12.4. The van der Waals surface area contributed by atoms with Crippen molar-refractivity contribution in [2.45, 2.75) is 32.8 Å². The summed E-state index contributed by atoms with van der Waals surface area (Å²) < 4.78 is 5.88. The van der Waals surface area contributed by atoms with Gasteiger partial charge in [-0.25, -0.2) is 15.0 Å². The number of ether oxygens (including phenoxy) is 1. The summed E-state index contributed by atoms with van der Waals surface area (Å²) in [5.41, 5.74) is 2.10. The van der Waals surface area contributed by atoms with Crippen LogP contribution in [0.1, 0.15) is 34.7 Å². The van der Waals surface area contributed by atoms with E-state index in [-0.39, 0.29) is 12.0 Å². The highest BCUT2D eigenvalue weighted by atomic mass is 16.5. The summed E-state index contributed by atoms with van der Waals surface area (Å²) in [4.78, 5) is 30.8. The number of hydrogen-bond donors (Lipinski definition) is 0. The summed E-state index contributed by atoms with van der Waals surface area (Å²) in [6.45, 7) is 5.02. The van der Waals surface area contributed by atoms with Crippen LogP contribution in [0, 0.1) is 13.8 Å². The molecule has 1 fully saturated rings. The molecule has 0 radical (unpaired) electrons. The molecule has 7 nitrogen and oxygen atoms in total. The van der Waals surface area contributed by atoms with Gasteiger partial charge in [-0.15, -0.1) is 0 Å². The molecule has 0 N–H and O–H groups in total. The van der Waals surface area contributed by atoms with Gasteiger partial charge in [0, 0.05) is 30.3 Å². The summed E-state index contributed by atoms with van der Waals surface area (Å²) in [6.07, 6.45) is 6.21. The highest BCUT2D eigenvalue weighted by Gasteiger charge is 2.27.